The Morgan fingerprint density at radius 1 is 1.64 bits per heavy atom. The summed E-state index contributed by atoms with van der Waals surface area (Å²) in [5.74, 6) is -0.350. The van der Waals surface area contributed by atoms with Crippen molar-refractivity contribution >= 4 is 28.0 Å². The van der Waals surface area contributed by atoms with Gasteiger partial charge in [-0.25, -0.2) is 4.79 Å². The number of carbonyl (C=O) groups excluding carboxylic acids is 1. The van der Waals surface area contributed by atoms with Crippen LogP contribution in [0.4, 0.5) is 0 Å². The zero-order chi connectivity index (χ0) is 10.4. The van der Waals surface area contributed by atoms with Crippen molar-refractivity contribution in [2.45, 2.75) is 6.92 Å². The molecule has 0 atom stereocenters. The highest BCUT2D eigenvalue weighted by Gasteiger charge is 1.94. The number of aromatic nitrogens is 1. The Bertz CT molecular complexity index is 332. The maximum Gasteiger partial charge on any atom is 0.330 e. The van der Waals surface area contributed by atoms with Gasteiger partial charge in [0.15, 0.2) is 0 Å². The summed E-state index contributed by atoms with van der Waals surface area (Å²) in [5.41, 5.74) is 0.723. The molecule has 0 aliphatic carbocycles. The van der Waals surface area contributed by atoms with Crippen molar-refractivity contribution < 1.29 is 9.53 Å². The summed E-state index contributed by atoms with van der Waals surface area (Å²) in [6.45, 7) is 2.15. The molecular formula is C10H10BrNO2. The van der Waals surface area contributed by atoms with Gasteiger partial charge in [0.05, 0.1) is 12.3 Å². The van der Waals surface area contributed by atoms with Gasteiger partial charge < -0.3 is 4.74 Å². The minimum atomic E-state index is -0.350. The van der Waals surface area contributed by atoms with Gasteiger partial charge in [0.25, 0.3) is 0 Å². The number of hydrogen-bond acceptors (Lipinski definition) is 3. The molecule has 0 aliphatic heterocycles. The smallest absolute Gasteiger partial charge is 0.330 e. The topological polar surface area (TPSA) is 39.2 Å². The summed E-state index contributed by atoms with van der Waals surface area (Å²) in [7, 11) is 0. The van der Waals surface area contributed by atoms with E-state index in [2.05, 4.69) is 20.9 Å². The van der Waals surface area contributed by atoms with Gasteiger partial charge in [-0.05, 0) is 41.1 Å². The second kappa shape index (κ2) is 5.54. The third-order valence-electron chi connectivity index (χ3n) is 1.43. The molecule has 1 aromatic heterocycles. The molecule has 1 aromatic rings. The molecular weight excluding hydrogens is 246 g/mol. The molecule has 0 N–H and O–H groups in total. The Hall–Kier alpha value is -1.16. The highest BCUT2D eigenvalue weighted by atomic mass is 79.9. The van der Waals surface area contributed by atoms with Crippen molar-refractivity contribution in [3.63, 3.8) is 0 Å². The molecule has 14 heavy (non-hydrogen) atoms. The van der Waals surface area contributed by atoms with E-state index in [0.29, 0.717) is 6.61 Å². The first kappa shape index (κ1) is 10.9. The van der Waals surface area contributed by atoms with Crippen LogP contribution in [-0.4, -0.2) is 17.6 Å². The van der Waals surface area contributed by atoms with E-state index in [1.807, 2.05) is 6.07 Å². The fourth-order valence-corrected chi connectivity index (χ4v) is 1.06. The first-order chi connectivity index (χ1) is 6.72. The number of halogens is 1. The van der Waals surface area contributed by atoms with Crippen LogP contribution in [0.1, 0.15) is 12.6 Å². The number of hydrogen-bond donors (Lipinski definition) is 0. The van der Waals surface area contributed by atoms with Crippen molar-refractivity contribution in [3.05, 3.63) is 34.6 Å². The number of carbonyl (C=O) groups is 1. The quantitative estimate of drug-likeness (QED) is 0.615. The second-order valence-corrected chi connectivity index (χ2v) is 3.40. The molecule has 0 radical (unpaired) electrons. The average Bonchev–Trinajstić information content (AvgIpc) is 2.17. The van der Waals surface area contributed by atoms with E-state index < -0.39 is 0 Å². The molecule has 1 rings (SSSR count). The van der Waals surface area contributed by atoms with E-state index in [9.17, 15) is 4.79 Å². The summed E-state index contributed by atoms with van der Waals surface area (Å²) in [5, 5.41) is 0. The Labute approximate surface area is 90.9 Å². The van der Waals surface area contributed by atoms with Crippen LogP contribution in [-0.2, 0) is 9.53 Å². The van der Waals surface area contributed by atoms with Crippen molar-refractivity contribution in [3.8, 4) is 0 Å². The van der Waals surface area contributed by atoms with Crippen LogP contribution in [0.25, 0.3) is 6.08 Å². The van der Waals surface area contributed by atoms with E-state index >= 15 is 0 Å². The molecule has 1 heterocycles. The zero-order valence-electron chi connectivity index (χ0n) is 7.74. The Kier molecular flexibility index (Phi) is 4.32. The van der Waals surface area contributed by atoms with Gasteiger partial charge in [-0.2, -0.15) is 0 Å². The number of nitrogens with zero attached hydrogens (tertiary/aromatic N) is 1. The second-order valence-electron chi connectivity index (χ2n) is 2.49. The maximum absolute atomic E-state index is 10.9. The van der Waals surface area contributed by atoms with E-state index in [-0.39, 0.29) is 5.97 Å². The third kappa shape index (κ3) is 3.70. The molecule has 0 aliphatic rings. The number of pyridine rings is 1. The van der Waals surface area contributed by atoms with Crippen LogP contribution < -0.4 is 0 Å². The number of ether oxygens (including phenoxy) is 1. The van der Waals surface area contributed by atoms with Crippen LogP contribution in [0.3, 0.4) is 0 Å². The summed E-state index contributed by atoms with van der Waals surface area (Å²) >= 11 is 3.27. The fourth-order valence-electron chi connectivity index (χ4n) is 0.830. The average molecular weight is 256 g/mol. The van der Waals surface area contributed by atoms with Gasteiger partial charge in [-0.15, -0.1) is 0 Å². The van der Waals surface area contributed by atoms with Crippen molar-refractivity contribution in [1.82, 2.24) is 4.98 Å². The number of rotatable bonds is 3. The van der Waals surface area contributed by atoms with Gasteiger partial charge in [-0.3, -0.25) is 4.98 Å². The Morgan fingerprint density at radius 2 is 2.43 bits per heavy atom. The molecule has 0 bridgehead atoms. The lowest BCUT2D eigenvalue weighted by Gasteiger charge is -1.95. The number of esters is 1. The minimum absolute atomic E-state index is 0.350. The minimum Gasteiger partial charge on any atom is -0.463 e. The first-order valence-electron chi connectivity index (χ1n) is 4.18. The SMILES string of the molecule is CCOC(=O)C=Cc1ccc(Br)cn1. The van der Waals surface area contributed by atoms with E-state index in [1.54, 1.807) is 25.3 Å². The molecule has 0 fully saturated rings. The molecule has 0 spiro atoms. The molecule has 0 unspecified atom stereocenters. The van der Waals surface area contributed by atoms with E-state index in [4.69, 9.17) is 4.74 Å². The summed E-state index contributed by atoms with van der Waals surface area (Å²) in [6, 6.07) is 3.66. The monoisotopic (exact) mass is 255 g/mol. The third-order valence-corrected chi connectivity index (χ3v) is 1.90. The van der Waals surface area contributed by atoms with Gasteiger partial charge in [-0.1, -0.05) is 0 Å². The highest BCUT2D eigenvalue weighted by molar-refractivity contribution is 9.10. The molecule has 4 heteroatoms. The van der Waals surface area contributed by atoms with Crippen LogP contribution in [0.15, 0.2) is 28.9 Å². The standard InChI is InChI=1S/C10H10BrNO2/c1-2-14-10(13)6-5-9-4-3-8(11)7-12-9/h3-7H,2H2,1H3. The van der Waals surface area contributed by atoms with Crippen LogP contribution in [0.2, 0.25) is 0 Å². The molecule has 0 aromatic carbocycles. The lowest BCUT2D eigenvalue weighted by atomic mass is 10.3. The van der Waals surface area contributed by atoms with Crippen molar-refractivity contribution in [2.24, 2.45) is 0 Å². The Balaban J connectivity index is 2.60. The maximum atomic E-state index is 10.9. The van der Waals surface area contributed by atoms with Crippen LogP contribution in [0, 0.1) is 0 Å². The van der Waals surface area contributed by atoms with Crippen LogP contribution in [0.5, 0.6) is 0 Å². The summed E-state index contributed by atoms with van der Waals surface area (Å²) < 4.78 is 5.63. The molecule has 3 nitrogen and oxygen atoms in total. The Morgan fingerprint density at radius 3 is 3.00 bits per heavy atom. The lowest BCUT2D eigenvalue weighted by Crippen LogP contribution is -1.98. The molecule has 0 saturated heterocycles. The first-order valence-corrected chi connectivity index (χ1v) is 4.98. The lowest BCUT2D eigenvalue weighted by molar-refractivity contribution is -0.137. The molecule has 0 saturated carbocycles. The normalized spacial score (nSPS) is 10.4. The van der Waals surface area contributed by atoms with Crippen molar-refractivity contribution in [1.29, 1.82) is 0 Å². The zero-order valence-corrected chi connectivity index (χ0v) is 9.32. The fraction of sp³-hybridized carbons (Fsp3) is 0.200. The largest absolute Gasteiger partial charge is 0.463 e. The van der Waals surface area contributed by atoms with Crippen LogP contribution >= 0.6 is 15.9 Å². The van der Waals surface area contributed by atoms with E-state index in [0.717, 1.165) is 10.2 Å². The van der Waals surface area contributed by atoms with Gasteiger partial charge in [0, 0.05) is 16.7 Å². The molecule has 74 valence electrons. The predicted octanol–water partition coefficient (Wildman–Crippen LogP) is 2.42. The van der Waals surface area contributed by atoms with Gasteiger partial charge in [0.1, 0.15) is 0 Å². The van der Waals surface area contributed by atoms with Crippen molar-refractivity contribution in [2.75, 3.05) is 6.61 Å². The highest BCUT2D eigenvalue weighted by Crippen LogP contribution is 2.08. The van der Waals surface area contributed by atoms with Gasteiger partial charge in [0.2, 0.25) is 0 Å². The predicted molar refractivity (Wildman–Crippen MR) is 57.6 cm³/mol. The van der Waals surface area contributed by atoms with E-state index in [1.165, 1.54) is 6.08 Å². The van der Waals surface area contributed by atoms with Gasteiger partial charge >= 0.3 is 5.97 Å². The summed E-state index contributed by atoms with van der Waals surface area (Å²) in [6.07, 6.45) is 4.65. The molecule has 0 amide bonds. The summed E-state index contributed by atoms with van der Waals surface area (Å²) in [4.78, 5) is 15.0.